The van der Waals surface area contributed by atoms with E-state index in [0.29, 0.717) is 25.5 Å². The average molecular weight is 276 g/mol. The molecule has 0 amide bonds. The van der Waals surface area contributed by atoms with E-state index in [0.717, 1.165) is 19.4 Å². The summed E-state index contributed by atoms with van der Waals surface area (Å²) in [5, 5.41) is 9.13. The average Bonchev–Trinajstić information content (AvgIpc) is 2.37. The molecule has 0 saturated heterocycles. The molecule has 0 fully saturated rings. The zero-order valence-electron chi connectivity index (χ0n) is 10.4. The van der Waals surface area contributed by atoms with Crippen molar-refractivity contribution in [3.05, 3.63) is 21.6 Å². The fraction of sp³-hybridized carbons (Fsp3) is 0.636. The van der Waals surface area contributed by atoms with Crippen molar-refractivity contribution in [1.29, 1.82) is 0 Å². The number of nitrogens with zero attached hydrogens (tertiary/aromatic N) is 1. The second kappa shape index (κ2) is 8.91. The van der Waals surface area contributed by atoms with Gasteiger partial charge in [-0.25, -0.2) is 5.10 Å². The Morgan fingerprint density at radius 1 is 1.39 bits per heavy atom. The van der Waals surface area contributed by atoms with Gasteiger partial charge in [-0.2, -0.15) is 5.10 Å². The number of H-pyrrole nitrogens is 1. The van der Waals surface area contributed by atoms with Crippen LogP contribution in [0.15, 0.2) is 11.0 Å². The molecule has 1 aromatic heterocycles. The van der Waals surface area contributed by atoms with E-state index in [1.165, 1.54) is 6.20 Å². The first-order valence-corrected chi connectivity index (χ1v) is 6.17. The Bertz CT molecular complexity index is 397. The number of methoxy groups -OCH3 is 1. The molecular formula is C11H18ClN3O3. The molecule has 7 heteroatoms. The summed E-state index contributed by atoms with van der Waals surface area (Å²) in [6, 6.07) is 0. The number of unbranched alkanes of at least 4 members (excludes halogenated alkanes) is 1. The van der Waals surface area contributed by atoms with Crippen molar-refractivity contribution in [3.8, 4) is 0 Å². The zero-order chi connectivity index (χ0) is 13.2. The van der Waals surface area contributed by atoms with Crippen molar-refractivity contribution in [2.24, 2.45) is 0 Å². The monoisotopic (exact) mass is 275 g/mol. The smallest absolute Gasteiger partial charge is 0.285 e. The van der Waals surface area contributed by atoms with Crippen LogP contribution in [0.2, 0.25) is 5.02 Å². The number of aromatic nitrogens is 2. The van der Waals surface area contributed by atoms with Crippen LogP contribution < -0.4 is 10.9 Å². The number of nitrogens with one attached hydrogen (secondary N) is 2. The van der Waals surface area contributed by atoms with E-state index < -0.39 is 0 Å². The maximum Gasteiger partial charge on any atom is 0.285 e. The molecule has 0 unspecified atom stereocenters. The summed E-state index contributed by atoms with van der Waals surface area (Å²) in [5.41, 5.74) is 0.172. The Labute approximate surface area is 111 Å². The van der Waals surface area contributed by atoms with E-state index in [1.807, 2.05) is 0 Å². The number of hydrogen-bond donors (Lipinski definition) is 2. The number of rotatable bonds is 9. The van der Waals surface area contributed by atoms with E-state index in [9.17, 15) is 4.79 Å². The lowest BCUT2D eigenvalue weighted by Gasteiger charge is -2.07. The molecule has 0 bridgehead atoms. The normalized spacial score (nSPS) is 10.6. The largest absolute Gasteiger partial charge is 0.382 e. The van der Waals surface area contributed by atoms with Crippen molar-refractivity contribution in [1.82, 2.24) is 10.2 Å². The molecule has 6 nitrogen and oxygen atoms in total. The number of halogens is 1. The molecule has 18 heavy (non-hydrogen) atoms. The SMILES string of the molecule is COCCOCCCCNc1cn[nH]c(=O)c1Cl. The van der Waals surface area contributed by atoms with Crippen LogP contribution in [0, 0.1) is 0 Å². The highest BCUT2D eigenvalue weighted by Crippen LogP contribution is 2.13. The van der Waals surface area contributed by atoms with E-state index in [2.05, 4.69) is 15.5 Å². The summed E-state index contributed by atoms with van der Waals surface area (Å²) in [5.74, 6) is 0. The maximum atomic E-state index is 11.2. The Kier molecular flexibility index (Phi) is 7.40. The van der Waals surface area contributed by atoms with Gasteiger partial charge < -0.3 is 14.8 Å². The summed E-state index contributed by atoms with van der Waals surface area (Å²) >= 11 is 5.81. The molecule has 2 N–H and O–H groups in total. The summed E-state index contributed by atoms with van der Waals surface area (Å²) in [4.78, 5) is 11.2. The van der Waals surface area contributed by atoms with Gasteiger partial charge in [0.25, 0.3) is 5.56 Å². The van der Waals surface area contributed by atoms with Gasteiger partial charge >= 0.3 is 0 Å². The maximum absolute atomic E-state index is 11.2. The van der Waals surface area contributed by atoms with Gasteiger partial charge in [-0.05, 0) is 12.8 Å². The minimum Gasteiger partial charge on any atom is -0.382 e. The van der Waals surface area contributed by atoms with Crippen LogP contribution in [0.4, 0.5) is 5.69 Å². The number of anilines is 1. The van der Waals surface area contributed by atoms with Gasteiger partial charge in [0.2, 0.25) is 0 Å². The first-order valence-electron chi connectivity index (χ1n) is 5.79. The van der Waals surface area contributed by atoms with Gasteiger partial charge in [0.05, 0.1) is 25.1 Å². The lowest BCUT2D eigenvalue weighted by Crippen LogP contribution is -2.13. The quantitative estimate of drug-likeness (QED) is 0.664. The van der Waals surface area contributed by atoms with Crippen LogP contribution in [0.1, 0.15) is 12.8 Å². The predicted octanol–water partition coefficient (Wildman–Crippen LogP) is 1.28. The second-order valence-corrected chi connectivity index (χ2v) is 4.04. The number of ether oxygens (including phenoxy) is 2. The van der Waals surface area contributed by atoms with Crippen molar-refractivity contribution in [2.75, 3.05) is 38.8 Å². The fourth-order valence-corrected chi connectivity index (χ4v) is 1.46. The molecular weight excluding hydrogens is 258 g/mol. The van der Waals surface area contributed by atoms with Crippen LogP contribution >= 0.6 is 11.6 Å². The van der Waals surface area contributed by atoms with Gasteiger partial charge in [-0.15, -0.1) is 0 Å². The topological polar surface area (TPSA) is 76.2 Å². The summed E-state index contributed by atoms with van der Waals surface area (Å²) in [6.07, 6.45) is 3.36. The summed E-state index contributed by atoms with van der Waals surface area (Å²) in [7, 11) is 1.65. The van der Waals surface area contributed by atoms with Crippen LogP contribution in [0.25, 0.3) is 0 Å². The molecule has 1 heterocycles. The van der Waals surface area contributed by atoms with Crippen LogP contribution in [-0.2, 0) is 9.47 Å². The molecule has 0 radical (unpaired) electrons. The number of hydrogen-bond acceptors (Lipinski definition) is 5. The summed E-state index contributed by atoms with van der Waals surface area (Å²) < 4.78 is 10.2. The first-order chi connectivity index (χ1) is 8.75. The minimum absolute atomic E-state index is 0.140. The Morgan fingerprint density at radius 2 is 2.22 bits per heavy atom. The molecule has 0 aliphatic heterocycles. The fourth-order valence-electron chi connectivity index (χ4n) is 1.30. The van der Waals surface area contributed by atoms with E-state index in [1.54, 1.807) is 7.11 Å². The van der Waals surface area contributed by atoms with Gasteiger partial charge in [0.1, 0.15) is 5.02 Å². The third kappa shape index (κ3) is 5.48. The molecule has 0 aliphatic rings. The molecule has 0 aromatic carbocycles. The highest BCUT2D eigenvalue weighted by atomic mass is 35.5. The number of aromatic amines is 1. The predicted molar refractivity (Wildman–Crippen MR) is 70.3 cm³/mol. The van der Waals surface area contributed by atoms with Gasteiger partial charge in [0.15, 0.2) is 0 Å². The van der Waals surface area contributed by atoms with Crippen LogP contribution in [-0.4, -0.2) is 43.7 Å². The van der Waals surface area contributed by atoms with Crippen molar-refractivity contribution < 1.29 is 9.47 Å². The highest BCUT2D eigenvalue weighted by molar-refractivity contribution is 6.32. The molecule has 102 valence electrons. The van der Waals surface area contributed by atoms with E-state index in [-0.39, 0.29) is 10.6 Å². The van der Waals surface area contributed by atoms with Crippen LogP contribution in [0.5, 0.6) is 0 Å². The minimum atomic E-state index is -0.385. The third-order valence-corrected chi connectivity index (χ3v) is 2.63. The Morgan fingerprint density at radius 3 is 3.00 bits per heavy atom. The zero-order valence-corrected chi connectivity index (χ0v) is 11.1. The van der Waals surface area contributed by atoms with Crippen molar-refractivity contribution in [3.63, 3.8) is 0 Å². The summed E-state index contributed by atoms with van der Waals surface area (Å²) in [6.45, 7) is 2.66. The van der Waals surface area contributed by atoms with Gasteiger partial charge in [-0.1, -0.05) is 11.6 Å². The second-order valence-electron chi connectivity index (χ2n) is 3.67. The lowest BCUT2D eigenvalue weighted by atomic mass is 10.3. The third-order valence-electron chi connectivity index (χ3n) is 2.26. The molecule has 0 spiro atoms. The van der Waals surface area contributed by atoms with Crippen molar-refractivity contribution in [2.45, 2.75) is 12.8 Å². The Hall–Kier alpha value is -1.11. The van der Waals surface area contributed by atoms with Gasteiger partial charge in [-0.3, -0.25) is 4.79 Å². The molecule has 0 saturated carbocycles. The molecule has 0 atom stereocenters. The molecule has 1 aromatic rings. The first kappa shape index (κ1) is 14.9. The lowest BCUT2D eigenvalue weighted by molar-refractivity contribution is 0.0691. The van der Waals surface area contributed by atoms with Crippen molar-refractivity contribution >= 4 is 17.3 Å². The van der Waals surface area contributed by atoms with E-state index in [4.69, 9.17) is 21.1 Å². The van der Waals surface area contributed by atoms with Crippen LogP contribution in [0.3, 0.4) is 0 Å². The molecule has 1 rings (SSSR count). The Balaban J connectivity index is 2.11. The molecule has 0 aliphatic carbocycles. The van der Waals surface area contributed by atoms with Gasteiger partial charge in [0, 0.05) is 20.3 Å². The standard InChI is InChI=1S/C11H18ClN3O3/c1-17-6-7-18-5-3-2-4-13-9-8-14-15-11(16)10(9)12/h8H,2-7H2,1H3,(H2,13,15,16). The van der Waals surface area contributed by atoms with E-state index >= 15 is 0 Å². The highest BCUT2D eigenvalue weighted by Gasteiger charge is 2.03.